The molecule has 0 aromatic carbocycles. The molecule has 1 aromatic rings. The van der Waals surface area contributed by atoms with Crippen molar-refractivity contribution in [2.45, 2.75) is 39.8 Å². The highest BCUT2D eigenvalue weighted by Gasteiger charge is 2.20. The van der Waals surface area contributed by atoms with Gasteiger partial charge in [0, 0.05) is 12.6 Å². The molecule has 0 spiro atoms. The summed E-state index contributed by atoms with van der Waals surface area (Å²) in [5.74, 6) is -0.242. The first-order valence-electron chi connectivity index (χ1n) is 6.33. The van der Waals surface area contributed by atoms with Crippen molar-refractivity contribution in [3.63, 3.8) is 0 Å². The Balaban J connectivity index is 2.56. The van der Waals surface area contributed by atoms with Crippen LogP contribution < -0.4 is 11.1 Å². The molecule has 1 atom stereocenters. The molecule has 0 aliphatic carbocycles. The Morgan fingerprint density at radius 3 is 2.68 bits per heavy atom. The number of nitrogens with one attached hydrogen (secondary N) is 1. The van der Waals surface area contributed by atoms with Crippen LogP contribution in [0.3, 0.4) is 0 Å². The van der Waals surface area contributed by atoms with E-state index in [9.17, 15) is 9.59 Å². The van der Waals surface area contributed by atoms with Crippen molar-refractivity contribution < 1.29 is 9.59 Å². The van der Waals surface area contributed by atoms with Gasteiger partial charge in [0.15, 0.2) is 5.78 Å². The van der Waals surface area contributed by atoms with Gasteiger partial charge in [-0.05, 0) is 19.4 Å². The lowest BCUT2D eigenvalue weighted by Gasteiger charge is -2.19. The van der Waals surface area contributed by atoms with Crippen LogP contribution in [-0.2, 0) is 22.6 Å². The number of carbonyl (C=O) groups is 2. The van der Waals surface area contributed by atoms with Gasteiger partial charge in [-0.15, -0.1) is 5.10 Å². The first kappa shape index (κ1) is 15.3. The van der Waals surface area contributed by atoms with Gasteiger partial charge < -0.3 is 11.1 Å². The Labute approximate surface area is 112 Å². The summed E-state index contributed by atoms with van der Waals surface area (Å²) in [7, 11) is 0. The summed E-state index contributed by atoms with van der Waals surface area (Å²) in [5.41, 5.74) is 6.16. The minimum Gasteiger partial charge on any atom is -0.344 e. The van der Waals surface area contributed by atoms with Gasteiger partial charge in [0.2, 0.25) is 5.91 Å². The van der Waals surface area contributed by atoms with Gasteiger partial charge in [-0.1, -0.05) is 19.1 Å². The number of nitrogens with two attached hydrogens (primary N) is 1. The van der Waals surface area contributed by atoms with Crippen molar-refractivity contribution in [2.24, 2.45) is 11.7 Å². The third-order valence-electron chi connectivity index (χ3n) is 2.71. The molecule has 0 saturated heterocycles. The monoisotopic (exact) mass is 267 g/mol. The Morgan fingerprint density at radius 2 is 2.16 bits per heavy atom. The van der Waals surface area contributed by atoms with E-state index in [0.29, 0.717) is 13.0 Å². The Bertz CT molecular complexity index is 441. The van der Waals surface area contributed by atoms with Crippen molar-refractivity contribution in [1.29, 1.82) is 0 Å². The quantitative estimate of drug-likeness (QED) is 0.694. The molecule has 1 heterocycles. The summed E-state index contributed by atoms with van der Waals surface area (Å²) in [5, 5.41) is 10.4. The van der Waals surface area contributed by atoms with Crippen LogP contribution in [-0.4, -0.2) is 39.3 Å². The number of hydrogen-bond donors (Lipinski definition) is 2. The Kier molecular flexibility index (Phi) is 5.62. The predicted octanol–water partition coefficient (Wildman–Crippen LogP) is -0.491. The number of ketones is 1. The van der Waals surface area contributed by atoms with E-state index in [1.165, 1.54) is 11.6 Å². The first-order chi connectivity index (χ1) is 8.93. The van der Waals surface area contributed by atoms with Crippen molar-refractivity contribution in [3.8, 4) is 0 Å². The fourth-order valence-electron chi connectivity index (χ4n) is 1.78. The second-order valence-corrected chi connectivity index (χ2v) is 4.85. The summed E-state index contributed by atoms with van der Waals surface area (Å²) in [6.45, 7) is 5.79. The van der Waals surface area contributed by atoms with Crippen LogP contribution in [0.4, 0.5) is 0 Å². The average molecular weight is 267 g/mol. The molecule has 0 aliphatic rings. The highest BCUT2D eigenvalue weighted by atomic mass is 16.2. The van der Waals surface area contributed by atoms with Crippen LogP contribution in [0.25, 0.3) is 0 Å². The standard InChI is InChI=1S/C12H21N5O2/c1-8(2)12(9(3)18)14-11(19)7-17-6-10(4-5-13)15-16-17/h6,8,12H,4-5,7,13H2,1-3H3,(H,14,19). The van der Waals surface area contributed by atoms with Crippen LogP contribution in [0.2, 0.25) is 0 Å². The Morgan fingerprint density at radius 1 is 1.47 bits per heavy atom. The number of Topliss-reactive ketones (excluding diaryl/α,β-unsaturated/α-hetero) is 1. The molecule has 0 fully saturated rings. The van der Waals surface area contributed by atoms with E-state index in [4.69, 9.17) is 5.73 Å². The lowest BCUT2D eigenvalue weighted by Crippen LogP contribution is -2.44. The van der Waals surface area contributed by atoms with Crippen molar-refractivity contribution in [3.05, 3.63) is 11.9 Å². The van der Waals surface area contributed by atoms with Gasteiger partial charge >= 0.3 is 0 Å². The van der Waals surface area contributed by atoms with E-state index in [2.05, 4.69) is 15.6 Å². The second-order valence-electron chi connectivity index (χ2n) is 4.85. The summed E-state index contributed by atoms with van der Waals surface area (Å²) in [6, 6.07) is -0.459. The van der Waals surface area contributed by atoms with Crippen LogP contribution >= 0.6 is 0 Å². The van der Waals surface area contributed by atoms with Gasteiger partial charge in [-0.3, -0.25) is 9.59 Å². The van der Waals surface area contributed by atoms with Gasteiger partial charge in [0.25, 0.3) is 0 Å². The highest BCUT2D eigenvalue weighted by Crippen LogP contribution is 2.03. The van der Waals surface area contributed by atoms with Crippen molar-refractivity contribution in [2.75, 3.05) is 6.54 Å². The summed E-state index contributed by atoms with van der Waals surface area (Å²) < 4.78 is 1.44. The molecule has 1 unspecified atom stereocenters. The molecule has 0 radical (unpaired) electrons. The summed E-state index contributed by atoms with van der Waals surface area (Å²) in [6.07, 6.45) is 2.31. The van der Waals surface area contributed by atoms with Gasteiger partial charge in [-0.2, -0.15) is 0 Å². The molecule has 0 bridgehead atoms. The molecule has 1 rings (SSSR count). The number of amides is 1. The molecular formula is C12H21N5O2. The second kappa shape index (κ2) is 6.98. The molecule has 1 amide bonds. The highest BCUT2D eigenvalue weighted by molar-refractivity contribution is 5.87. The van der Waals surface area contributed by atoms with E-state index in [-0.39, 0.29) is 24.2 Å². The van der Waals surface area contributed by atoms with Crippen LogP contribution in [0.5, 0.6) is 0 Å². The van der Waals surface area contributed by atoms with E-state index < -0.39 is 6.04 Å². The third kappa shape index (κ3) is 4.78. The topological polar surface area (TPSA) is 103 Å². The SMILES string of the molecule is CC(=O)C(NC(=O)Cn1cc(CCN)nn1)C(C)C. The molecule has 3 N–H and O–H groups in total. The molecular weight excluding hydrogens is 246 g/mol. The maximum Gasteiger partial charge on any atom is 0.242 e. The zero-order valence-electron chi connectivity index (χ0n) is 11.6. The smallest absolute Gasteiger partial charge is 0.242 e. The molecule has 1 aromatic heterocycles. The number of carbonyl (C=O) groups excluding carboxylic acids is 2. The molecule has 0 aliphatic heterocycles. The normalized spacial score (nSPS) is 12.5. The summed E-state index contributed by atoms with van der Waals surface area (Å²) in [4.78, 5) is 23.2. The Hall–Kier alpha value is -1.76. The molecule has 7 nitrogen and oxygen atoms in total. The lowest BCUT2D eigenvalue weighted by atomic mass is 10.0. The van der Waals surface area contributed by atoms with Crippen LogP contribution in [0, 0.1) is 5.92 Å². The van der Waals surface area contributed by atoms with E-state index >= 15 is 0 Å². The maximum atomic E-state index is 11.8. The molecule has 0 saturated carbocycles. The van der Waals surface area contributed by atoms with Crippen molar-refractivity contribution in [1.82, 2.24) is 20.3 Å². The maximum absolute atomic E-state index is 11.8. The fraction of sp³-hybridized carbons (Fsp3) is 0.667. The zero-order valence-corrected chi connectivity index (χ0v) is 11.6. The largest absolute Gasteiger partial charge is 0.344 e. The van der Waals surface area contributed by atoms with Crippen molar-refractivity contribution >= 4 is 11.7 Å². The summed E-state index contributed by atoms with van der Waals surface area (Å²) >= 11 is 0. The minimum atomic E-state index is -0.459. The van der Waals surface area contributed by atoms with Crippen LogP contribution in [0.1, 0.15) is 26.5 Å². The van der Waals surface area contributed by atoms with Gasteiger partial charge in [0.05, 0.1) is 11.7 Å². The molecule has 19 heavy (non-hydrogen) atoms. The molecule has 106 valence electrons. The predicted molar refractivity (Wildman–Crippen MR) is 70.2 cm³/mol. The third-order valence-corrected chi connectivity index (χ3v) is 2.71. The first-order valence-corrected chi connectivity index (χ1v) is 6.33. The van der Waals surface area contributed by atoms with Crippen LogP contribution in [0.15, 0.2) is 6.20 Å². The number of hydrogen-bond acceptors (Lipinski definition) is 5. The molecule has 7 heteroatoms. The van der Waals surface area contributed by atoms with Gasteiger partial charge in [-0.25, -0.2) is 4.68 Å². The van der Waals surface area contributed by atoms with Gasteiger partial charge in [0.1, 0.15) is 6.54 Å². The number of aromatic nitrogens is 3. The fourth-order valence-corrected chi connectivity index (χ4v) is 1.78. The lowest BCUT2D eigenvalue weighted by molar-refractivity contribution is -0.128. The average Bonchev–Trinajstić information content (AvgIpc) is 2.73. The number of rotatable bonds is 7. The van der Waals surface area contributed by atoms with E-state index in [0.717, 1.165) is 5.69 Å². The minimum absolute atomic E-state index is 0.0497. The van der Waals surface area contributed by atoms with E-state index in [1.807, 2.05) is 13.8 Å². The zero-order chi connectivity index (χ0) is 14.4. The number of nitrogens with zero attached hydrogens (tertiary/aromatic N) is 3. The van der Waals surface area contributed by atoms with E-state index in [1.54, 1.807) is 6.20 Å².